The lowest BCUT2D eigenvalue weighted by molar-refractivity contribution is -0.222. The molecule has 1 aromatic carbocycles. The fraction of sp³-hybridized carbons (Fsp3) is 0.529. The van der Waals surface area contributed by atoms with Gasteiger partial charge in [-0.1, -0.05) is 40.6 Å². The normalized spacial score (nSPS) is 25.8. The minimum Gasteiger partial charge on any atom is -0.351 e. The van der Waals surface area contributed by atoms with Gasteiger partial charge >= 0.3 is 0 Å². The van der Waals surface area contributed by atoms with Gasteiger partial charge in [0.1, 0.15) is 6.04 Å². The molecule has 5 unspecified atom stereocenters. The van der Waals surface area contributed by atoms with Crippen LogP contribution in [-0.4, -0.2) is 48.9 Å². The van der Waals surface area contributed by atoms with Crippen LogP contribution >= 0.6 is 0 Å². The Bertz CT molecular complexity index is 807. The van der Waals surface area contributed by atoms with E-state index >= 15 is 0 Å². The lowest BCUT2D eigenvalue weighted by Crippen LogP contribution is -2.68. The molecule has 1 fully saturated rings. The Morgan fingerprint density at radius 2 is 1.76 bits per heavy atom. The van der Waals surface area contributed by atoms with Crippen LogP contribution in [0.3, 0.4) is 0 Å². The number of azide groups is 2. The number of ether oxygens (including phenoxy) is 2. The molecule has 0 aromatic heterocycles. The highest BCUT2D eigenvalue weighted by molar-refractivity contribution is 5.75. The molecule has 154 valence electrons. The second kappa shape index (κ2) is 10.9. The lowest BCUT2D eigenvalue weighted by atomic mass is 9.91. The molecule has 2 amide bonds. The van der Waals surface area contributed by atoms with E-state index < -0.39 is 36.4 Å². The van der Waals surface area contributed by atoms with Crippen molar-refractivity contribution in [3.8, 4) is 0 Å². The zero-order valence-electron chi connectivity index (χ0n) is 16.0. The molecule has 0 radical (unpaired) electrons. The third-order valence-corrected chi connectivity index (χ3v) is 4.24. The number of hydrogen-bond donors (Lipinski definition) is 2. The van der Waals surface area contributed by atoms with Crippen LogP contribution < -0.4 is 10.6 Å². The number of carbonyl (C=O) groups is 2. The molecule has 2 N–H and O–H groups in total. The molecule has 1 saturated heterocycles. The molecule has 12 heteroatoms. The van der Waals surface area contributed by atoms with Crippen molar-refractivity contribution in [1.82, 2.24) is 10.6 Å². The van der Waals surface area contributed by atoms with Crippen LogP contribution in [0.1, 0.15) is 19.4 Å². The molecular weight excluding hydrogens is 380 g/mol. The number of nitrogens with zero attached hydrogens (tertiary/aromatic N) is 6. The van der Waals surface area contributed by atoms with Crippen molar-refractivity contribution < 1.29 is 19.1 Å². The van der Waals surface area contributed by atoms with Crippen LogP contribution in [0.2, 0.25) is 0 Å². The number of rotatable bonds is 8. The highest BCUT2D eigenvalue weighted by atomic mass is 16.7. The molecule has 0 bridgehead atoms. The second-order valence-electron chi connectivity index (χ2n) is 6.40. The molecule has 1 aliphatic heterocycles. The molecule has 0 spiro atoms. The molecule has 0 aliphatic carbocycles. The van der Waals surface area contributed by atoms with Crippen molar-refractivity contribution in [2.75, 3.05) is 6.54 Å². The van der Waals surface area contributed by atoms with Crippen LogP contribution in [-0.2, 0) is 25.7 Å². The Balaban J connectivity index is 2.35. The number of nitrogens with one attached hydrogen (secondary N) is 2. The zero-order chi connectivity index (χ0) is 21.2. The van der Waals surface area contributed by atoms with Gasteiger partial charge < -0.3 is 20.1 Å². The third kappa shape index (κ3) is 6.37. The van der Waals surface area contributed by atoms with Gasteiger partial charge in [-0.15, -0.1) is 0 Å². The van der Waals surface area contributed by atoms with Gasteiger partial charge in [-0.3, -0.25) is 9.59 Å². The highest BCUT2D eigenvalue weighted by Crippen LogP contribution is 2.26. The van der Waals surface area contributed by atoms with Crippen molar-refractivity contribution in [1.29, 1.82) is 0 Å². The van der Waals surface area contributed by atoms with Crippen LogP contribution in [0.4, 0.5) is 0 Å². The van der Waals surface area contributed by atoms with Crippen LogP contribution in [0.5, 0.6) is 0 Å². The number of hydrogen-bond acceptors (Lipinski definition) is 6. The summed E-state index contributed by atoms with van der Waals surface area (Å²) in [5.41, 5.74) is 18.5. The summed E-state index contributed by atoms with van der Waals surface area (Å²) in [4.78, 5) is 29.1. The average molecular weight is 402 g/mol. The first-order valence-corrected chi connectivity index (χ1v) is 8.86. The highest BCUT2D eigenvalue weighted by Gasteiger charge is 2.46. The lowest BCUT2D eigenvalue weighted by Gasteiger charge is -2.45. The maximum Gasteiger partial charge on any atom is 0.217 e. The molecule has 0 saturated carbocycles. The maximum absolute atomic E-state index is 11.8. The van der Waals surface area contributed by atoms with Gasteiger partial charge in [0.05, 0.1) is 31.3 Å². The average Bonchev–Trinajstić information content (AvgIpc) is 2.69. The predicted octanol–water partition coefficient (Wildman–Crippen LogP) is 1.93. The van der Waals surface area contributed by atoms with E-state index in [1.165, 1.54) is 13.8 Å². The fourth-order valence-corrected chi connectivity index (χ4v) is 3.12. The van der Waals surface area contributed by atoms with Gasteiger partial charge in [0.2, 0.25) is 11.8 Å². The maximum atomic E-state index is 11.8. The van der Waals surface area contributed by atoms with Crippen LogP contribution in [0, 0.1) is 0 Å². The molecular formula is C17H22N8O4. The molecule has 2 rings (SSSR count). The Morgan fingerprint density at radius 1 is 1.10 bits per heavy atom. The topological polar surface area (TPSA) is 174 Å². The fourth-order valence-electron chi connectivity index (χ4n) is 3.12. The van der Waals surface area contributed by atoms with Gasteiger partial charge in [-0.05, 0) is 16.6 Å². The first kappa shape index (κ1) is 22.0. The van der Waals surface area contributed by atoms with E-state index in [9.17, 15) is 9.59 Å². The number of benzene rings is 1. The van der Waals surface area contributed by atoms with Crippen molar-refractivity contribution >= 4 is 11.8 Å². The van der Waals surface area contributed by atoms with E-state index in [4.69, 9.17) is 20.5 Å². The standard InChI is InChI=1S/C17H22N8O4/c1-10(26)21-15-14(23-25-19)13(8-20-24-18)29-17(16(15)22-11(2)27)28-9-12-6-4-3-5-7-12/h3-7,13-17H,8-9H2,1-2H3,(H,21,26)(H,22,27). The number of amides is 2. The zero-order valence-corrected chi connectivity index (χ0v) is 16.0. The van der Waals surface area contributed by atoms with Gasteiger partial charge in [0.25, 0.3) is 0 Å². The van der Waals surface area contributed by atoms with Crippen molar-refractivity contribution in [3.05, 3.63) is 56.8 Å². The summed E-state index contributed by atoms with van der Waals surface area (Å²) in [6.07, 6.45) is -1.84. The van der Waals surface area contributed by atoms with E-state index in [1.807, 2.05) is 30.3 Å². The van der Waals surface area contributed by atoms with E-state index in [-0.39, 0.29) is 19.1 Å². The summed E-state index contributed by atoms with van der Waals surface area (Å²) in [7, 11) is 0. The largest absolute Gasteiger partial charge is 0.351 e. The quantitative estimate of drug-likeness (QED) is 0.384. The molecule has 1 heterocycles. The summed E-state index contributed by atoms with van der Waals surface area (Å²) in [6, 6.07) is 6.71. The molecule has 12 nitrogen and oxygen atoms in total. The summed E-state index contributed by atoms with van der Waals surface area (Å²) < 4.78 is 11.8. The second-order valence-corrected chi connectivity index (χ2v) is 6.40. The van der Waals surface area contributed by atoms with E-state index in [0.29, 0.717) is 0 Å². The predicted molar refractivity (Wildman–Crippen MR) is 102 cm³/mol. The van der Waals surface area contributed by atoms with E-state index in [1.54, 1.807) is 0 Å². The molecule has 29 heavy (non-hydrogen) atoms. The SMILES string of the molecule is CC(=O)NC1C(OCc2ccccc2)OC(CN=[N+]=[N-])C(N=[N+]=[N-])C1NC(C)=O. The molecule has 1 aliphatic rings. The number of carbonyl (C=O) groups excluding carboxylic acids is 2. The van der Waals surface area contributed by atoms with Gasteiger partial charge in [-0.2, -0.15) is 0 Å². The minimum absolute atomic E-state index is 0.145. The monoisotopic (exact) mass is 402 g/mol. The van der Waals surface area contributed by atoms with Crippen molar-refractivity contribution in [2.24, 2.45) is 10.2 Å². The van der Waals surface area contributed by atoms with Gasteiger partial charge in [0, 0.05) is 23.7 Å². The Morgan fingerprint density at radius 3 is 2.34 bits per heavy atom. The van der Waals surface area contributed by atoms with Gasteiger partial charge in [-0.25, -0.2) is 0 Å². The van der Waals surface area contributed by atoms with Crippen molar-refractivity contribution in [3.63, 3.8) is 0 Å². The summed E-state index contributed by atoms with van der Waals surface area (Å²) in [6.45, 7) is 2.65. The Kier molecular flexibility index (Phi) is 8.26. The summed E-state index contributed by atoms with van der Waals surface area (Å²) >= 11 is 0. The van der Waals surface area contributed by atoms with E-state index in [2.05, 4.69) is 30.7 Å². The smallest absolute Gasteiger partial charge is 0.217 e. The van der Waals surface area contributed by atoms with E-state index in [0.717, 1.165) is 5.56 Å². The third-order valence-electron chi connectivity index (χ3n) is 4.24. The molecule has 5 atom stereocenters. The first-order chi connectivity index (χ1) is 14.0. The van der Waals surface area contributed by atoms with Gasteiger partial charge in [0.15, 0.2) is 6.29 Å². The van der Waals surface area contributed by atoms with Crippen molar-refractivity contribution in [2.45, 2.75) is 51.0 Å². The summed E-state index contributed by atoms with van der Waals surface area (Å²) in [5.74, 6) is -0.773. The Hall–Kier alpha value is -3.30. The molecule has 1 aromatic rings. The van der Waals surface area contributed by atoms with Crippen LogP contribution in [0.15, 0.2) is 40.6 Å². The summed E-state index contributed by atoms with van der Waals surface area (Å²) in [5, 5.41) is 12.6. The Labute approximate surface area is 166 Å². The minimum atomic E-state index is -0.986. The first-order valence-electron chi connectivity index (χ1n) is 8.86. The van der Waals surface area contributed by atoms with Crippen LogP contribution in [0.25, 0.3) is 20.9 Å².